The summed E-state index contributed by atoms with van der Waals surface area (Å²) in [5, 5.41) is 0. The Bertz CT molecular complexity index is 366. The van der Waals surface area contributed by atoms with Gasteiger partial charge in [-0.1, -0.05) is 30.3 Å². The van der Waals surface area contributed by atoms with Gasteiger partial charge in [0.25, 0.3) is 0 Å². The molecule has 0 aliphatic carbocycles. The van der Waals surface area contributed by atoms with E-state index in [1.165, 1.54) is 5.56 Å². The van der Waals surface area contributed by atoms with Crippen LogP contribution >= 0.6 is 0 Å². The van der Waals surface area contributed by atoms with Crippen molar-refractivity contribution in [3.8, 4) is 0 Å². The van der Waals surface area contributed by atoms with Gasteiger partial charge in [-0.15, -0.1) is 0 Å². The molecular weight excluding hydrogens is 202 g/mol. The van der Waals surface area contributed by atoms with E-state index >= 15 is 0 Å². The summed E-state index contributed by atoms with van der Waals surface area (Å²) in [6.07, 6.45) is 0. The monoisotopic (exact) mass is 219 g/mol. The molecule has 0 saturated carbocycles. The van der Waals surface area contributed by atoms with Crippen LogP contribution in [0.5, 0.6) is 0 Å². The molecule has 86 valence electrons. The molecule has 1 aliphatic rings. The molecule has 1 saturated heterocycles. The second-order valence-electron chi connectivity index (χ2n) is 4.07. The molecule has 16 heavy (non-hydrogen) atoms. The molecule has 1 aliphatic heterocycles. The van der Waals surface area contributed by atoms with Gasteiger partial charge in [0.15, 0.2) is 0 Å². The Labute approximate surface area is 95.6 Å². The minimum absolute atomic E-state index is 0.0688. The first-order valence-electron chi connectivity index (χ1n) is 5.51. The zero-order valence-corrected chi connectivity index (χ0v) is 9.47. The van der Waals surface area contributed by atoms with Crippen molar-refractivity contribution in [2.24, 2.45) is 5.73 Å². The van der Waals surface area contributed by atoms with Crippen molar-refractivity contribution in [2.75, 3.05) is 26.7 Å². The SMILES string of the molecule is CN1CC(c2ccccc2)N(CCN)C1=O. The number of nitrogens with two attached hydrogens (primary N) is 1. The Kier molecular flexibility index (Phi) is 3.10. The Morgan fingerprint density at radius 3 is 2.69 bits per heavy atom. The second-order valence-corrected chi connectivity index (χ2v) is 4.07. The van der Waals surface area contributed by atoms with E-state index in [9.17, 15) is 4.79 Å². The van der Waals surface area contributed by atoms with Crippen LogP contribution in [0, 0.1) is 0 Å². The van der Waals surface area contributed by atoms with Crippen LogP contribution in [0.4, 0.5) is 4.79 Å². The summed E-state index contributed by atoms with van der Waals surface area (Å²) in [6, 6.07) is 10.3. The largest absolute Gasteiger partial charge is 0.329 e. The van der Waals surface area contributed by atoms with E-state index in [1.54, 1.807) is 4.90 Å². The number of hydrogen-bond acceptors (Lipinski definition) is 2. The zero-order chi connectivity index (χ0) is 11.5. The van der Waals surface area contributed by atoms with Crippen LogP contribution < -0.4 is 5.73 Å². The highest BCUT2D eigenvalue weighted by Crippen LogP contribution is 2.27. The molecule has 1 unspecified atom stereocenters. The minimum atomic E-state index is 0.0688. The molecule has 1 atom stereocenters. The number of carbonyl (C=O) groups excluding carboxylic acids is 1. The van der Waals surface area contributed by atoms with Gasteiger partial charge < -0.3 is 15.5 Å². The molecule has 4 heteroatoms. The molecule has 0 bridgehead atoms. The number of benzene rings is 1. The molecule has 2 rings (SSSR count). The summed E-state index contributed by atoms with van der Waals surface area (Å²) < 4.78 is 0. The van der Waals surface area contributed by atoms with Gasteiger partial charge in [-0.3, -0.25) is 0 Å². The second kappa shape index (κ2) is 4.53. The fourth-order valence-electron chi connectivity index (χ4n) is 2.14. The van der Waals surface area contributed by atoms with E-state index in [1.807, 2.05) is 30.1 Å². The highest BCUT2D eigenvalue weighted by atomic mass is 16.2. The molecule has 4 nitrogen and oxygen atoms in total. The average Bonchev–Trinajstić information content (AvgIpc) is 2.59. The first-order chi connectivity index (χ1) is 7.74. The van der Waals surface area contributed by atoms with E-state index in [-0.39, 0.29) is 12.1 Å². The van der Waals surface area contributed by atoms with Gasteiger partial charge in [0.2, 0.25) is 0 Å². The lowest BCUT2D eigenvalue weighted by Crippen LogP contribution is -2.34. The fraction of sp³-hybridized carbons (Fsp3) is 0.417. The first kappa shape index (κ1) is 11.0. The summed E-state index contributed by atoms with van der Waals surface area (Å²) in [5.74, 6) is 0. The van der Waals surface area contributed by atoms with E-state index in [4.69, 9.17) is 5.73 Å². The molecular formula is C12H17N3O. The number of urea groups is 1. The Balaban J connectivity index is 2.23. The van der Waals surface area contributed by atoms with Crippen LogP contribution in [0.2, 0.25) is 0 Å². The van der Waals surface area contributed by atoms with Crippen molar-refractivity contribution >= 4 is 6.03 Å². The van der Waals surface area contributed by atoms with Crippen LogP contribution in [0.3, 0.4) is 0 Å². The van der Waals surface area contributed by atoms with Crippen molar-refractivity contribution in [3.63, 3.8) is 0 Å². The molecule has 0 radical (unpaired) electrons. The van der Waals surface area contributed by atoms with Crippen LogP contribution in [-0.2, 0) is 0 Å². The summed E-state index contributed by atoms with van der Waals surface area (Å²) in [6.45, 7) is 1.86. The molecule has 0 aromatic heterocycles. The van der Waals surface area contributed by atoms with Gasteiger partial charge in [0.1, 0.15) is 0 Å². The van der Waals surface area contributed by atoms with Crippen LogP contribution in [-0.4, -0.2) is 42.5 Å². The van der Waals surface area contributed by atoms with Gasteiger partial charge in [-0.05, 0) is 5.56 Å². The van der Waals surface area contributed by atoms with Gasteiger partial charge >= 0.3 is 6.03 Å². The smallest absolute Gasteiger partial charge is 0.320 e. The number of amides is 2. The molecule has 1 heterocycles. The maximum absolute atomic E-state index is 11.9. The molecule has 2 N–H and O–H groups in total. The summed E-state index contributed by atoms with van der Waals surface area (Å²) in [4.78, 5) is 15.5. The van der Waals surface area contributed by atoms with Gasteiger partial charge in [-0.2, -0.15) is 0 Å². The van der Waals surface area contributed by atoms with E-state index < -0.39 is 0 Å². The molecule has 1 aromatic rings. The lowest BCUT2D eigenvalue weighted by molar-refractivity contribution is 0.192. The van der Waals surface area contributed by atoms with Gasteiger partial charge in [-0.25, -0.2) is 4.79 Å². The van der Waals surface area contributed by atoms with Crippen LogP contribution in [0.25, 0.3) is 0 Å². The maximum atomic E-state index is 11.9. The van der Waals surface area contributed by atoms with Crippen molar-refractivity contribution in [1.29, 1.82) is 0 Å². The van der Waals surface area contributed by atoms with E-state index in [0.717, 1.165) is 6.54 Å². The number of carbonyl (C=O) groups is 1. The van der Waals surface area contributed by atoms with Crippen LogP contribution in [0.15, 0.2) is 30.3 Å². The lowest BCUT2D eigenvalue weighted by atomic mass is 10.1. The van der Waals surface area contributed by atoms with Crippen molar-refractivity contribution < 1.29 is 4.79 Å². The fourth-order valence-corrected chi connectivity index (χ4v) is 2.14. The molecule has 0 spiro atoms. The Morgan fingerprint density at radius 1 is 1.38 bits per heavy atom. The maximum Gasteiger partial charge on any atom is 0.320 e. The molecule has 1 fully saturated rings. The molecule has 1 aromatic carbocycles. The van der Waals surface area contributed by atoms with E-state index in [0.29, 0.717) is 13.1 Å². The average molecular weight is 219 g/mol. The zero-order valence-electron chi connectivity index (χ0n) is 9.47. The highest BCUT2D eigenvalue weighted by molar-refractivity contribution is 5.77. The topological polar surface area (TPSA) is 49.6 Å². The quantitative estimate of drug-likeness (QED) is 0.826. The molecule has 2 amide bonds. The normalized spacial score (nSPS) is 20.6. The van der Waals surface area contributed by atoms with Gasteiger partial charge in [0, 0.05) is 26.7 Å². The van der Waals surface area contributed by atoms with Gasteiger partial charge in [0.05, 0.1) is 6.04 Å². The third-order valence-corrected chi connectivity index (χ3v) is 2.95. The number of rotatable bonds is 3. The summed E-state index contributed by atoms with van der Waals surface area (Å²) >= 11 is 0. The van der Waals surface area contributed by atoms with Crippen molar-refractivity contribution in [2.45, 2.75) is 6.04 Å². The predicted molar refractivity (Wildman–Crippen MR) is 63.0 cm³/mol. The highest BCUT2D eigenvalue weighted by Gasteiger charge is 2.35. The number of hydrogen-bond donors (Lipinski definition) is 1. The first-order valence-corrected chi connectivity index (χ1v) is 5.51. The summed E-state index contributed by atoms with van der Waals surface area (Å²) in [5.41, 5.74) is 6.72. The van der Waals surface area contributed by atoms with Crippen molar-refractivity contribution in [3.05, 3.63) is 35.9 Å². The van der Waals surface area contributed by atoms with Crippen molar-refractivity contribution in [1.82, 2.24) is 9.80 Å². The lowest BCUT2D eigenvalue weighted by Gasteiger charge is -2.22. The standard InChI is InChI=1S/C12H17N3O/c1-14-9-11(10-5-3-2-4-6-10)15(8-7-13)12(14)16/h2-6,11H,7-9,13H2,1H3. The number of likely N-dealkylation sites (N-methyl/N-ethyl adjacent to an activating group) is 1. The van der Waals surface area contributed by atoms with E-state index in [2.05, 4.69) is 12.1 Å². The minimum Gasteiger partial charge on any atom is -0.329 e. The Hall–Kier alpha value is -1.55. The van der Waals surface area contributed by atoms with Crippen LogP contribution in [0.1, 0.15) is 11.6 Å². The number of nitrogens with zero attached hydrogens (tertiary/aromatic N) is 2. The summed E-state index contributed by atoms with van der Waals surface area (Å²) in [7, 11) is 1.83. The Morgan fingerprint density at radius 2 is 2.06 bits per heavy atom. The third kappa shape index (κ3) is 1.88. The third-order valence-electron chi connectivity index (χ3n) is 2.95. The predicted octanol–water partition coefficient (Wildman–Crippen LogP) is 1.05.